The van der Waals surface area contributed by atoms with Gasteiger partial charge in [-0.15, -0.1) is 23.7 Å². The van der Waals surface area contributed by atoms with Gasteiger partial charge in [0.15, 0.2) is 0 Å². The lowest BCUT2D eigenvalue weighted by molar-refractivity contribution is 0.0795. The summed E-state index contributed by atoms with van der Waals surface area (Å²) in [6.07, 6.45) is 0.867. The van der Waals surface area contributed by atoms with Gasteiger partial charge in [0, 0.05) is 29.5 Å². The van der Waals surface area contributed by atoms with E-state index in [2.05, 4.69) is 5.10 Å². The molecule has 0 unspecified atom stereocenters. The highest BCUT2D eigenvalue weighted by atomic mass is 35.5. The van der Waals surface area contributed by atoms with E-state index < -0.39 is 0 Å². The van der Waals surface area contributed by atoms with Gasteiger partial charge < -0.3 is 10.6 Å². The molecule has 2 N–H and O–H groups in total. The van der Waals surface area contributed by atoms with E-state index in [0.717, 1.165) is 39.4 Å². The molecule has 0 bridgehead atoms. The number of aromatic nitrogens is 2. The number of nitrogens with zero attached hydrogens (tertiary/aromatic N) is 3. The first-order valence-corrected chi connectivity index (χ1v) is 9.02. The van der Waals surface area contributed by atoms with E-state index in [1.165, 1.54) is 11.3 Å². The predicted molar refractivity (Wildman–Crippen MR) is 104 cm³/mol. The number of likely N-dealkylation sites (tertiary alicyclic amines) is 1. The maximum atomic E-state index is 12.7. The van der Waals surface area contributed by atoms with E-state index in [1.54, 1.807) is 0 Å². The summed E-state index contributed by atoms with van der Waals surface area (Å²) in [5.74, 6) is 0.0567. The topological polar surface area (TPSA) is 64.2 Å². The van der Waals surface area contributed by atoms with Gasteiger partial charge in [-0.3, -0.25) is 4.79 Å². The summed E-state index contributed by atoms with van der Waals surface area (Å²) in [6, 6.07) is 9.58. The fraction of sp³-hybridized carbons (Fsp3) is 0.294. The third kappa shape index (κ3) is 3.27. The summed E-state index contributed by atoms with van der Waals surface area (Å²) in [7, 11) is 0. The minimum atomic E-state index is 0. The molecule has 1 aliphatic heterocycles. The monoisotopic (exact) mass is 396 g/mol. The summed E-state index contributed by atoms with van der Waals surface area (Å²) in [4.78, 5) is 16.2. The summed E-state index contributed by atoms with van der Waals surface area (Å²) >= 11 is 7.56. The van der Waals surface area contributed by atoms with Gasteiger partial charge in [0.1, 0.15) is 4.83 Å². The van der Waals surface area contributed by atoms with Gasteiger partial charge in [-0.05, 0) is 37.6 Å². The molecule has 5 nitrogen and oxygen atoms in total. The van der Waals surface area contributed by atoms with Crippen LogP contribution in [0, 0.1) is 6.92 Å². The third-order valence-corrected chi connectivity index (χ3v) is 5.65. The van der Waals surface area contributed by atoms with Crippen molar-refractivity contribution in [3.63, 3.8) is 0 Å². The summed E-state index contributed by atoms with van der Waals surface area (Å²) < 4.78 is 1.85. The number of nitrogens with two attached hydrogens (primary N) is 1. The van der Waals surface area contributed by atoms with Crippen molar-refractivity contribution in [2.75, 3.05) is 13.1 Å². The Morgan fingerprint density at radius 1 is 1.40 bits per heavy atom. The highest BCUT2D eigenvalue weighted by Crippen LogP contribution is 2.32. The summed E-state index contributed by atoms with van der Waals surface area (Å²) in [5, 5.41) is 6.26. The molecule has 1 atom stereocenters. The fourth-order valence-electron chi connectivity index (χ4n) is 3.06. The van der Waals surface area contributed by atoms with Gasteiger partial charge >= 0.3 is 0 Å². The lowest BCUT2D eigenvalue weighted by atomic mass is 10.3. The van der Waals surface area contributed by atoms with Crippen molar-refractivity contribution in [2.24, 2.45) is 5.73 Å². The van der Waals surface area contributed by atoms with E-state index in [0.29, 0.717) is 11.6 Å². The fourth-order valence-corrected chi connectivity index (χ4v) is 4.40. The van der Waals surface area contributed by atoms with Crippen LogP contribution in [0.25, 0.3) is 15.9 Å². The second-order valence-corrected chi connectivity index (χ2v) is 7.57. The predicted octanol–water partition coefficient (Wildman–Crippen LogP) is 3.64. The number of thiophene rings is 1. The molecule has 2 aromatic heterocycles. The average molecular weight is 397 g/mol. The molecule has 1 amide bonds. The summed E-state index contributed by atoms with van der Waals surface area (Å²) in [5.41, 5.74) is 7.71. The number of amides is 1. The van der Waals surface area contributed by atoms with Crippen LogP contribution in [0.4, 0.5) is 0 Å². The number of carbonyl (C=O) groups is 1. The molecule has 1 saturated heterocycles. The van der Waals surface area contributed by atoms with E-state index in [4.69, 9.17) is 17.3 Å². The van der Waals surface area contributed by atoms with Gasteiger partial charge in [-0.25, -0.2) is 4.68 Å². The van der Waals surface area contributed by atoms with Crippen molar-refractivity contribution in [1.82, 2.24) is 14.7 Å². The smallest absolute Gasteiger partial charge is 0.264 e. The molecule has 25 heavy (non-hydrogen) atoms. The van der Waals surface area contributed by atoms with Crippen LogP contribution in [0.5, 0.6) is 0 Å². The van der Waals surface area contributed by atoms with Crippen LogP contribution >= 0.6 is 35.3 Å². The van der Waals surface area contributed by atoms with E-state index in [1.807, 2.05) is 46.8 Å². The molecule has 1 fully saturated rings. The first-order valence-electron chi connectivity index (χ1n) is 7.83. The van der Waals surface area contributed by atoms with Crippen LogP contribution in [0.15, 0.2) is 30.3 Å². The molecule has 0 spiro atoms. The van der Waals surface area contributed by atoms with Crippen molar-refractivity contribution in [3.8, 4) is 5.69 Å². The Balaban J connectivity index is 0.00000182. The molecule has 8 heteroatoms. The van der Waals surface area contributed by atoms with Crippen LogP contribution in [0.3, 0.4) is 0 Å². The van der Waals surface area contributed by atoms with Crippen LogP contribution in [-0.2, 0) is 0 Å². The highest BCUT2D eigenvalue weighted by molar-refractivity contribution is 7.20. The second kappa shape index (κ2) is 6.96. The van der Waals surface area contributed by atoms with E-state index in [9.17, 15) is 4.79 Å². The van der Waals surface area contributed by atoms with Gasteiger partial charge in [0.25, 0.3) is 5.91 Å². The Labute approximate surface area is 160 Å². The molecule has 132 valence electrons. The second-order valence-electron chi connectivity index (χ2n) is 6.11. The van der Waals surface area contributed by atoms with Gasteiger partial charge in [0.2, 0.25) is 0 Å². The normalized spacial score (nSPS) is 17.1. The third-order valence-electron chi connectivity index (χ3n) is 4.32. The Morgan fingerprint density at radius 3 is 2.88 bits per heavy atom. The van der Waals surface area contributed by atoms with Crippen LogP contribution in [0.2, 0.25) is 5.02 Å². The lowest BCUT2D eigenvalue weighted by Gasteiger charge is -2.14. The zero-order valence-corrected chi connectivity index (χ0v) is 16.0. The minimum Gasteiger partial charge on any atom is -0.336 e. The number of benzene rings is 1. The Kier molecular flexibility index (Phi) is 5.06. The average Bonchev–Trinajstić information content (AvgIpc) is 3.24. The quantitative estimate of drug-likeness (QED) is 0.718. The van der Waals surface area contributed by atoms with Crippen LogP contribution in [0.1, 0.15) is 21.8 Å². The molecule has 0 aliphatic carbocycles. The number of aryl methyl sites for hydroxylation is 1. The van der Waals surface area contributed by atoms with Crippen molar-refractivity contribution in [3.05, 3.63) is 45.9 Å². The Bertz CT molecular complexity index is 936. The number of rotatable bonds is 2. The van der Waals surface area contributed by atoms with E-state index >= 15 is 0 Å². The number of hydrogen-bond acceptors (Lipinski definition) is 4. The molecule has 0 saturated carbocycles. The molecule has 0 radical (unpaired) electrons. The Hall–Kier alpha value is -1.60. The van der Waals surface area contributed by atoms with Gasteiger partial charge in [0.05, 0.1) is 16.3 Å². The summed E-state index contributed by atoms with van der Waals surface area (Å²) in [6.45, 7) is 3.32. The van der Waals surface area contributed by atoms with Crippen LogP contribution < -0.4 is 5.73 Å². The minimum absolute atomic E-state index is 0. The van der Waals surface area contributed by atoms with Crippen molar-refractivity contribution in [2.45, 2.75) is 19.4 Å². The van der Waals surface area contributed by atoms with Crippen LogP contribution in [-0.4, -0.2) is 39.7 Å². The zero-order chi connectivity index (χ0) is 16.8. The van der Waals surface area contributed by atoms with Crippen molar-refractivity contribution < 1.29 is 4.79 Å². The van der Waals surface area contributed by atoms with Gasteiger partial charge in [-0.2, -0.15) is 5.10 Å². The highest BCUT2D eigenvalue weighted by Gasteiger charge is 2.26. The molecule has 3 aromatic rings. The lowest BCUT2D eigenvalue weighted by Crippen LogP contribution is -2.31. The number of halogens is 2. The standard InChI is InChI=1S/C17H17ClN4OS.ClH/c1-10-14-8-15(16(23)21-6-5-12(19)9-21)24-17(14)22(20-10)13-4-2-3-11(18)7-13;/h2-4,7-8,12H,5-6,9,19H2,1H3;1H/t12-;/m1./s1. The first kappa shape index (κ1) is 18.2. The number of hydrogen-bond donors (Lipinski definition) is 1. The largest absolute Gasteiger partial charge is 0.336 e. The van der Waals surface area contributed by atoms with Gasteiger partial charge in [-0.1, -0.05) is 17.7 Å². The molecular formula is C17H18Cl2N4OS. The first-order chi connectivity index (χ1) is 11.5. The van der Waals surface area contributed by atoms with Crippen molar-refractivity contribution >= 4 is 51.5 Å². The number of fused-ring (bicyclic) bond motifs is 1. The molecular weight excluding hydrogens is 379 g/mol. The number of carbonyl (C=O) groups excluding carboxylic acids is 1. The molecule has 1 aliphatic rings. The zero-order valence-electron chi connectivity index (χ0n) is 13.6. The SMILES string of the molecule is Cc1nn(-c2cccc(Cl)c2)c2sc(C(=O)N3CC[C@@H](N)C3)cc12.Cl. The maximum absolute atomic E-state index is 12.7. The van der Waals surface area contributed by atoms with E-state index in [-0.39, 0.29) is 24.4 Å². The Morgan fingerprint density at radius 2 is 2.20 bits per heavy atom. The molecule has 3 heterocycles. The maximum Gasteiger partial charge on any atom is 0.264 e. The van der Waals surface area contributed by atoms with Crippen molar-refractivity contribution in [1.29, 1.82) is 0 Å². The molecule has 1 aromatic carbocycles. The molecule has 4 rings (SSSR count).